The van der Waals surface area contributed by atoms with Crippen LogP contribution in [0.3, 0.4) is 0 Å². The number of halogens is 3. The summed E-state index contributed by atoms with van der Waals surface area (Å²) in [5, 5.41) is 0. The van der Waals surface area contributed by atoms with E-state index < -0.39 is 11.7 Å². The third-order valence-electron chi connectivity index (χ3n) is 3.31. The average Bonchev–Trinajstić information content (AvgIpc) is 2.45. The van der Waals surface area contributed by atoms with Crippen LogP contribution in [0.2, 0.25) is 0 Å². The topological polar surface area (TPSA) is 17.1 Å². The molecule has 2 aromatic rings. The molecular weight excluding hydrogens is 265 g/mol. The molecule has 0 aliphatic carbocycles. The van der Waals surface area contributed by atoms with E-state index in [0.29, 0.717) is 11.8 Å². The average molecular weight is 278 g/mol. The van der Waals surface area contributed by atoms with E-state index in [1.807, 2.05) is 37.3 Å². The Bertz CT molecular complexity index is 603. The van der Waals surface area contributed by atoms with Gasteiger partial charge in [0, 0.05) is 11.5 Å². The van der Waals surface area contributed by atoms with Gasteiger partial charge in [-0.15, -0.1) is 0 Å². The number of aldehydes is 1. The summed E-state index contributed by atoms with van der Waals surface area (Å²) >= 11 is 0. The maximum absolute atomic E-state index is 12.6. The zero-order valence-corrected chi connectivity index (χ0v) is 10.8. The smallest absolute Gasteiger partial charge is 0.298 e. The van der Waals surface area contributed by atoms with Gasteiger partial charge < -0.3 is 0 Å². The van der Waals surface area contributed by atoms with Crippen LogP contribution in [0.25, 0.3) is 0 Å². The fourth-order valence-corrected chi connectivity index (χ4v) is 2.17. The summed E-state index contributed by atoms with van der Waals surface area (Å²) in [7, 11) is 0. The van der Waals surface area contributed by atoms with E-state index in [0.717, 1.165) is 17.7 Å². The molecule has 0 aliphatic heterocycles. The molecule has 1 atom stereocenters. The highest BCUT2D eigenvalue weighted by Crippen LogP contribution is 2.33. The first-order valence-electron chi connectivity index (χ1n) is 6.14. The third kappa shape index (κ3) is 2.90. The first-order valence-corrected chi connectivity index (χ1v) is 6.14. The first kappa shape index (κ1) is 14.3. The SMILES string of the molecule is C[C@@H](c1ccccc1)c1ccc(C(F)(F)F)cc1C=O. The summed E-state index contributed by atoms with van der Waals surface area (Å²) in [4.78, 5) is 11.1. The maximum Gasteiger partial charge on any atom is 0.416 e. The zero-order chi connectivity index (χ0) is 14.8. The summed E-state index contributed by atoms with van der Waals surface area (Å²) in [6.45, 7) is 1.87. The molecule has 4 heteroatoms. The molecule has 0 saturated carbocycles. The fourth-order valence-electron chi connectivity index (χ4n) is 2.17. The molecule has 0 fully saturated rings. The highest BCUT2D eigenvalue weighted by Gasteiger charge is 2.31. The summed E-state index contributed by atoms with van der Waals surface area (Å²) in [6.07, 6.45) is -3.96. The second-order valence-corrected chi connectivity index (χ2v) is 4.59. The lowest BCUT2D eigenvalue weighted by Crippen LogP contribution is -2.08. The second-order valence-electron chi connectivity index (χ2n) is 4.59. The Labute approximate surface area is 115 Å². The van der Waals surface area contributed by atoms with Gasteiger partial charge in [0.25, 0.3) is 0 Å². The van der Waals surface area contributed by atoms with Crippen LogP contribution in [-0.4, -0.2) is 6.29 Å². The highest BCUT2D eigenvalue weighted by atomic mass is 19.4. The van der Waals surface area contributed by atoms with Gasteiger partial charge in [-0.05, 0) is 23.3 Å². The van der Waals surface area contributed by atoms with E-state index in [-0.39, 0.29) is 11.5 Å². The second kappa shape index (κ2) is 5.49. The van der Waals surface area contributed by atoms with Gasteiger partial charge in [-0.25, -0.2) is 0 Å². The van der Waals surface area contributed by atoms with Crippen molar-refractivity contribution in [2.45, 2.75) is 19.0 Å². The molecule has 20 heavy (non-hydrogen) atoms. The third-order valence-corrected chi connectivity index (χ3v) is 3.31. The van der Waals surface area contributed by atoms with E-state index in [2.05, 4.69) is 0 Å². The molecule has 1 nitrogen and oxygen atoms in total. The van der Waals surface area contributed by atoms with Crippen LogP contribution in [0.1, 0.15) is 39.9 Å². The molecule has 0 aromatic heterocycles. The van der Waals surface area contributed by atoms with Crippen LogP contribution in [0.15, 0.2) is 48.5 Å². The Morgan fingerprint density at radius 2 is 1.70 bits per heavy atom. The van der Waals surface area contributed by atoms with Crippen LogP contribution in [0.5, 0.6) is 0 Å². The molecule has 0 amide bonds. The Hall–Kier alpha value is -2.10. The lowest BCUT2D eigenvalue weighted by molar-refractivity contribution is -0.137. The summed E-state index contributed by atoms with van der Waals surface area (Å²) < 4.78 is 37.9. The summed E-state index contributed by atoms with van der Waals surface area (Å²) in [5.74, 6) is -0.140. The number of carbonyl (C=O) groups excluding carboxylic acids is 1. The van der Waals surface area contributed by atoms with Gasteiger partial charge in [0.2, 0.25) is 0 Å². The van der Waals surface area contributed by atoms with Gasteiger partial charge in [-0.2, -0.15) is 13.2 Å². The van der Waals surface area contributed by atoms with Crippen molar-refractivity contribution in [1.82, 2.24) is 0 Å². The van der Waals surface area contributed by atoms with E-state index in [1.54, 1.807) is 0 Å². The highest BCUT2D eigenvalue weighted by molar-refractivity contribution is 5.78. The van der Waals surface area contributed by atoms with Crippen LogP contribution >= 0.6 is 0 Å². The fraction of sp³-hybridized carbons (Fsp3) is 0.188. The molecule has 2 aromatic carbocycles. The van der Waals surface area contributed by atoms with Crippen molar-refractivity contribution in [3.8, 4) is 0 Å². The van der Waals surface area contributed by atoms with E-state index in [4.69, 9.17) is 0 Å². The minimum absolute atomic E-state index is 0.0798. The predicted octanol–water partition coefficient (Wildman–Crippen LogP) is 4.67. The van der Waals surface area contributed by atoms with Crippen LogP contribution in [0, 0.1) is 0 Å². The van der Waals surface area contributed by atoms with Gasteiger partial charge in [0.05, 0.1) is 5.56 Å². The van der Waals surface area contributed by atoms with E-state index in [9.17, 15) is 18.0 Å². The Morgan fingerprint density at radius 1 is 1.05 bits per heavy atom. The number of rotatable bonds is 3. The van der Waals surface area contributed by atoms with E-state index in [1.165, 1.54) is 6.07 Å². The standard InChI is InChI=1S/C16H13F3O/c1-11(12-5-3-2-4-6-12)15-8-7-14(16(17,18)19)9-13(15)10-20/h2-11H,1H3/t11-/m0/s1. The molecular formula is C16H13F3O. The molecule has 0 aliphatic rings. The van der Waals surface area contributed by atoms with Crippen molar-refractivity contribution in [1.29, 1.82) is 0 Å². The molecule has 0 spiro atoms. The Balaban J connectivity index is 2.45. The molecule has 0 radical (unpaired) electrons. The van der Waals surface area contributed by atoms with E-state index >= 15 is 0 Å². The Morgan fingerprint density at radius 3 is 2.25 bits per heavy atom. The molecule has 0 bridgehead atoms. The molecule has 104 valence electrons. The first-order chi connectivity index (χ1) is 9.43. The lowest BCUT2D eigenvalue weighted by Gasteiger charge is -2.16. The van der Waals surface area contributed by atoms with Crippen LogP contribution in [-0.2, 0) is 6.18 Å². The van der Waals surface area contributed by atoms with Crippen molar-refractivity contribution < 1.29 is 18.0 Å². The van der Waals surface area contributed by atoms with Gasteiger partial charge in [0.15, 0.2) is 0 Å². The van der Waals surface area contributed by atoms with Crippen LogP contribution in [0.4, 0.5) is 13.2 Å². The number of alkyl halides is 3. The van der Waals surface area contributed by atoms with Gasteiger partial charge >= 0.3 is 6.18 Å². The molecule has 0 unspecified atom stereocenters. The van der Waals surface area contributed by atoms with Crippen molar-refractivity contribution in [3.63, 3.8) is 0 Å². The molecule has 2 rings (SSSR count). The summed E-state index contributed by atoms with van der Waals surface area (Å²) in [6, 6.07) is 12.7. The summed E-state index contributed by atoms with van der Waals surface area (Å²) in [5.41, 5.74) is 0.828. The molecule has 0 N–H and O–H groups in total. The zero-order valence-electron chi connectivity index (χ0n) is 10.8. The minimum atomic E-state index is -4.44. The number of benzene rings is 2. The predicted molar refractivity (Wildman–Crippen MR) is 70.8 cm³/mol. The normalized spacial score (nSPS) is 13.0. The van der Waals surface area contributed by atoms with Crippen molar-refractivity contribution >= 4 is 6.29 Å². The van der Waals surface area contributed by atoms with Crippen molar-refractivity contribution in [2.24, 2.45) is 0 Å². The Kier molecular flexibility index (Phi) is 3.93. The number of hydrogen-bond donors (Lipinski definition) is 0. The van der Waals surface area contributed by atoms with Gasteiger partial charge in [-0.3, -0.25) is 4.79 Å². The van der Waals surface area contributed by atoms with Crippen LogP contribution < -0.4 is 0 Å². The number of hydrogen-bond acceptors (Lipinski definition) is 1. The van der Waals surface area contributed by atoms with Gasteiger partial charge in [-0.1, -0.05) is 43.3 Å². The monoisotopic (exact) mass is 278 g/mol. The van der Waals surface area contributed by atoms with Crippen molar-refractivity contribution in [2.75, 3.05) is 0 Å². The number of carbonyl (C=O) groups is 1. The largest absolute Gasteiger partial charge is 0.416 e. The molecule has 0 heterocycles. The lowest BCUT2D eigenvalue weighted by atomic mass is 9.89. The van der Waals surface area contributed by atoms with Crippen molar-refractivity contribution in [3.05, 3.63) is 70.8 Å². The molecule has 0 saturated heterocycles. The maximum atomic E-state index is 12.6. The minimum Gasteiger partial charge on any atom is -0.298 e. The van der Waals surface area contributed by atoms with Gasteiger partial charge in [0.1, 0.15) is 6.29 Å². The quantitative estimate of drug-likeness (QED) is 0.746.